The number of hydrogen-bond donors (Lipinski definition) is 0. The quantitative estimate of drug-likeness (QED) is 0.467. The molecule has 1 atom stereocenters. The number of non-ortho nitro benzene ring substituents is 1. The highest BCUT2D eigenvalue weighted by Crippen LogP contribution is 2.37. The van der Waals surface area contributed by atoms with Crippen LogP contribution < -0.4 is 4.90 Å². The van der Waals surface area contributed by atoms with Gasteiger partial charge in [-0.1, -0.05) is 0 Å². The molecule has 0 aromatic heterocycles. The van der Waals surface area contributed by atoms with Gasteiger partial charge in [0.1, 0.15) is 11.7 Å². The third-order valence-electron chi connectivity index (χ3n) is 3.03. The smallest absolute Gasteiger partial charge is 0.329 e. The number of esters is 1. The van der Waals surface area contributed by atoms with E-state index in [9.17, 15) is 25.0 Å². The molecule has 0 spiro atoms. The Hall–Kier alpha value is -2.36. The SMILES string of the molecule is COC(=O)C1CSCN1c1ccc([N+](=O)[O-])cc1[N+](=O)[O-]. The number of nitro groups is 2. The average Bonchev–Trinajstić information content (AvgIpc) is 2.94. The molecule has 112 valence electrons. The minimum atomic E-state index is -0.701. The maximum atomic E-state index is 11.7. The highest BCUT2D eigenvalue weighted by molar-refractivity contribution is 7.99. The van der Waals surface area contributed by atoms with E-state index in [2.05, 4.69) is 4.74 Å². The van der Waals surface area contributed by atoms with Crippen LogP contribution in [0, 0.1) is 20.2 Å². The first-order chi connectivity index (χ1) is 9.95. The summed E-state index contributed by atoms with van der Waals surface area (Å²) in [6.45, 7) is 0. The van der Waals surface area contributed by atoms with Gasteiger partial charge in [-0.3, -0.25) is 20.2 Å². The predicted molar refractivity (Wildman–Crippen MR) is 75.4 cm³/mol. The fraction of sp³-hybridized carbons (Fsp3) is 0.364. The molecule has 0 bridgehead atoms. The Morgan fingerprint density at radius 3 is 2.67 bits per heavy atom. The molecule has 1 aromatic carbocycles. The van der Waals surface area contributed by atoms with Crippen LogP contribution in [0.15, 0.2) is 18.2 Å². The summed E-state index contributed by atoms with van der Waals surface area (Å²) in [4.78, 5) is 33.7. The van der Waals surface area contributed by atoms with Crippen molar-refractivity contribution in [2.75, 3.05) is 23.6 Å². The molecule has 0 saturated carbocycles. The lowest BCUT2D eigenvalue weighted by Crippen LogP contribution is -2.38. The topological polar surface area (TPSA) is 116 Å². The first-order valence-corrected chi connectivity index (χ1v) is 6.96. The number of anilines is 1. The Morgan fingerprint density at radius 2 is 2.10 bits per heavy atom. The van der Waals surface area contributed by atoms with Crippen LogP contribution in [0.3, 0.4) is 0 Å². The van der Waals surface area contributed by atoms with Crippen molar-refractivity contribution in [3.05, 3.63) is 38.4 Å². The third-order valence-corrected chi connectivity index (χ3v) is 4.04. The lowest BCUT2D eigenvalue weighted by molar-refractivity contribution is -0.393. The van der Waals surface area contributed by atoms with Gasteiger partial charge in [0, 0.05) is 11.8 Å². The molecule has 2 rings (SSSR count). The van der Waals surface area contributed by atoms with Gasteiger partial charge in [0.2, 0.25) is 0 Å². The van der Waals surface area contributed by atoms with Crippen LogP contribution in [0.2, 0.25) is 0 Å². The van der Waals surface area contributed by atoms with E-state index in [1.807, 2.05) is 0 Å². The molecule has 1 unspecified atom stereocenters. The molecular weight excluding hydrogens is 302 g/mol. The van der Waals surface area contributed by atoms with E-state index in [0.29, 0.717) is 11.6 Å². The summed E-state index contributed by atoms with van der Waals surface area (Å²) >= 11 is 1.43. The number of methoxy groups -OCH3 is 1. The molecule has 0 aliphatic carbocycles. The van der Waals surface area contributed by atoms with Crippen LogP contribution in [-0.4, -0.2) is 40.6 Å². The van der Waals surface area contributed by atoms with Crippen molar-refractivity contribution in [2.24, 2.45) is 0 Å². The highest BCUT2D eigenvalue weighted by atomic mass is 32.2. The monoisotopic (exact) mass is 313 g/mol. The number of nitrogens with zero attached hydrogens (tertiary/aromatic N) is 3. The normalized spacial score (nSPS) is 17.6. The van der Waals surface area contributed by atoms with Crippen molar-refractivity contribution in [3.8, 4) is 0 Å². The molecule has 1 heterocycles. The molecule has 1 aliphatic rings. The molecule has 1 saturated heterocycles. The minimum Gasteiger partial charge on any atom is -0.467 e. The van der Waals surface area contributed by atoms with Gasteiger partial charge in [0.25, 0.3) is 11.4 Å². The third kappa shape index (κ3) is 2.89. The molecule has 1 aliphatic heterocycles. The maximum absolute atomic E-state index is 11.7. The number of carbonyl (C=O) groups is 1. The van der Waals surface area contributed by atoms with Crippen molar-refractivity contribution in [1.82, 2.24) is 0 Å². The Labute approximate surface area is 123 Å². The fourth-order valence-corrected chi connectivity index (χ4v) is 3.19. The van der Waals surface area contributed by atoms with Crippen molar-refractivity contribution in [3.63, 3.8) is 0 Å². The Kier molecular flexibility index (Phi) is 4.26. The van der Waals surface area contributed by atoms with Gasteiger partial charge < -0.3 is 9.64 Å². The number of carbonyl (C=O) groups excluding carboxylic acids is 1. The van der Waals surface area contributed by atoms with Gasteiger partial charge in [-0.15, -0.1) is 11.8 Å². The molecular formula is C11H11N3O6S. The standard InChI is InChI=1S/C11H11N3O6S/c1-20-11(15)10-5-21-6-12(10)8-3-2-7(13(16)17)4-9(8)14(18)19/h2-4,10H,5-6H2,1H3. The summed E-state index contributed by atoms with van der Waals surface area (Å²) in [7, 11) is 1.24. The first-order valence-electron chi connectivity index (χ1n) is 5.80. The van der Waals surface area contributed by atoms with E-state index in [-0.39, 0.29) is 11.4 Å². The van der Waals surface area contributed by atoms with Crippen molar-refractivity contribution in [2.45, 2.75) is 6.04 Å². The maximum Gasteiger partial charge on any atom is 0.329 e. The minimum absolute atomic E-state index is 0.172. The van der Waals surface area contributed by atoms with E-state index in [1.165, 1.54) is 35.9 Å². The summed E-state index contributed by atoms with van der Waals surface area (Å²) in [5, 5.41) is 21.9. The van der Waals surface area contributed by atoms with E-state index in [1.54, 1.807) is 0 Å². The second-order valence-electron chi connectivity index (χ2n) is 4.20. The van der Waals surface area contributed by atoms with Crippen LogP contribution in [0.4, 0.5) is 17.1 Å². The number of benzene rings is 1. The lowest BCUT2D eigenvalue weighted by Gasteiger charge is -2.23. The summed E-state index contributed by atoms with van der Waals surface area (Å²) in [5.41, 5.74) is -0.599. The van der Waals surface area contributed by atoms with Crippen molar-refractivity contribution in [1.29, 1.82) is 0 Å². The van der Waals surface area contributed by atoms with E-state index in [4.69, 9.17) is 0 Å². The largest absolute Gasteiger partial charge is 0.467 e. The van der Waals surface area contributed by atoms with Gasteiger partial charge >= 0.3 is 5.97 Å². The second-order valence-corrected chi connectivity index (χ2v) is 5.20. The van der Waals surface area contributed by atoms with Gasteiger partial charge in [0.15, 0.2) is 0 Å². The molecule has 10 heteroatoms. The van der Waals surface area contributed by atoms with Crippen LogP contribution in [0.1, 0.15) is 0 Å². The predicted octanol–water partition coefficient (Wildman–Crippen LogP) is 1.56. The number of thioether (sulfide) groups is 1. The number of hydrogen-bond acceptors (Lipinski definition) is 8. The molecule has 0 N–H and O–H groups in total. The molecule has 0 radical (unpaired) electrons. The number of rotatable bonds is 4. The molecule has 1 aromatic rings. The summed E-state index contributed by atoms with van der Waals surface area (Å²) in [5.74, 6) is 0.326. The van der Waals surface area contributed by atoms with E-state index >= 15 is 0 Å². The molecule has 1 fully saturated rings. The molecule has 9 nitrogen and oxygen atoms in total. The molecule has 21 heavy (non-hydrogen) atoms. The van der Waals surface area contributed by atoms with Crippen molar-refractivity contribution < 1.29 is 19.4 Å². The van der Waals surface area contributed by atoms with Crippen LogP contribution in [0.5, 0.6) is 0 Å². The fourth-order valence-electron chi connectivity index (χ4n) is 2.03. The van der Waals surface area contributed by atoms with E-state index in [0.717, 1.165) is 6.07 Å². The van der Waals surface area contributed by atoms with Crippen molar-refractivity contribution >= 4 is 34.8 Å². The van der Waals surface area contributed by atoms with Crippen LogP contribution in [0.25, 0.3) is 0 Å². The van der Waals surface area contributed by atoms with Gasteiger partial charge in [-0.2, -0.15) is 0 Å². The Bertz CT molecular complexity index is 608. The zero-order valence-electron chi connectivity index (χ0n) is 10.9. The van der Waals surface area contributed by atoms with Crippen LogP contribution >= 0.6 is 11.8 Å². The zero-order chi connectivity index (χ0) is 15.6. The Balaban J connectivity index is 2.45. The lowest BCUT2D eigenvalue weighted by atomic mass is 10.2. The second kappa shape index (κ2) is 5.95. The average molecular weight is 313 g/mol. The summed E-state index contributed by atoms with van der Waals surface area (Å²) in [6.07, 6.45) is 0. The van der Waals surface area contributed by atoms with Gasteiger partial charge in [0.05, 0.1) is 28.9 Å². The zero-order valence-corrected chi connectivity index (χ0v) is 11.7. The van der Waals surface area contributed by atoms with Crippen LogP contribution in [-0.2, 0) is 9.53 Å². The Morgan fingerprint density at radius 1 is 1.38 bits per heavy atom. The van der Waals surface area contributed by atoms with E-state index < -0.39 is 27.5 Å². The highest BCUT2D eigenvalue weighted by Gasteiger charge is 2.36. The van der Waals surface area contributed by atoms with Gasteiger partial charge in [-0.05, 0) is 6.07 Å². The summed E-state index contributed by atoms with van der Waals surface area (Å²) in [6, 6.07) is 2.73. The summed E-state index contributed by atoms with van der Waals surface area (Å²) < 4.78 is 4.68. The molecule has 0 amide bonds. The number of ether oxygens (including phenoxy) is 1. The first kappa shape index (κ1) is 15.0. The van der Waals surface area contributed by atoms with Gasteiger partial charge in [-0.25, -0.2) is 4.79 Å². The number of nitro benzene ring substituents is 2.